The highest BCUT2D eigenvalue weighted by atomic mass is 32.2. The number of aliphatic imine (C=N–C) groups is 1. The first-order chi connectivity index (χ1) is 15.3. The lowest BCUT2D eigenvalue weighted by molar-refractivity contribution is 1.01. The maximum absolute atomic E-state index is 5.14. The number of fused-ring (bicyclic) bond motifs is 2. The van der Waals surface area contributed by atoms with Crippen molar-refractivity contribution in [3.05, 3.63) is 107 Å². The van der Waals surface area contributed by atoms with E-state index in [1.54, 1.807) is 18.1 Å². The Morgan fingerprint density at radius 2 is 1.58 bits per heavy atom. The van der Waals surface area contributed by atoms with E-state index in [9.17, 15) is 0 Å². The molecule has 0 unspecified atom stereocenters. The van der Waals surface area contributed by atoms with Crippen LogP contribution in [0.2, 0.25) is 0 Å². The van der Waals surface area contributed by atoms with E-state index in [2.05, 4.69) is 76.8 Å². The van der Waals surface area contributed by atoms with E-state index in [-0.39, 0.29) is 0 Å². The number of hydrogen-bond donors (Lipinski definition) is 1. The molecule has 0 spiro atoms. The fraction of sp³-hybridized carbons (Fsp3) is 0.115. The van der Waals surface area contributed by atoms with E-state index in [4.69, 9.17) is 4.99 Å². The molecule has 3 aromatic carbocycles. The molecular weight excluding hydrogens is 400 g/mol. The highest BCUT2D eigenvalue weighted by Gasteiger charge is 2.21. The van der Waals surface area contributed by atoms with Gasteiger partial charge in [-0.1, -0.05) is 84.1 Å². The van der Waals surface area contributed by atoms with Crippen LogP contribution >= 0.6 is 11.8 Å². The fourth-order valence-electron chi connectivity index (χ4n) is 3.63. The molecule has 4 aromatic rings. The number of hydrogen-bond acceptors (Lipinski definition) is 5. The quantitative estimate of drug-likeness (QED) is 0.388. The van der Waals surface area contributed by atoms with Crippen LogP contribution in [0.3, 0.4) is 0 Å². The standard InChI is InChI=1S/C26H22N4S/c1-18-12-13-23-21(14-18)22(15-19-8-4-2-5-9-19)30-24-25(28-17-29-26(24)31-23)27-16-20-10-6-3-7-11-20/h2-14,17H,15-16H2,1H3,(H,27,28,29). The van der Waals surface area contributed by atoms with Gasteiger partial charge in [0.15, 0.2) is 5.82 Å². The van der Waals surface area contributed by atoms with Crippen LogP contribution in [-0.2, 0) is 13.0 Å². The Hall–Kier alpha value is -3.44. The van der Waals surface area contributed by atoms with Crippen molar-refractivity contribution in [1.82, 2.24) is 9.97 Å². The summed E-state index contributed by atoms with van der Waals surface area (Å²) in [6.45, 7) is 2.81. The SMILES string of the molecule is Cc1ccc2c(c1)C(Cc1ccccc1)=Nc1c(NCc3ccccc3)ncnc1S2. The Morgan fingerprint density at radius 1 is 0.839 bits per heavy atom. The van der Waals surface area contributed by atoms with Gasteiger partial charge in [-0.2, -0.15) is 0 Å². The molecule has 5 rings (SSSR count). The topological polar surface area (TPSA) is 50.2 Å². The van der Waals surface area contributed by atoms with Crippen molar-refractivity contribution >= 4 is 29.0 Å². The zero-order chi connectivity index (χ0) is 21.0. The van der Waals surface area contributed by atoms with E-state index in [1.807, 2.05) is 24.3 Å². The van der Waals surface area contributed by atoms with E-state index in [0.717, 1.165) is 28.7 Å². The van der Waals surface area contributed by atoms with Crippen molar-refractivity contribution in [1.29, 1.82) is 0 Å². The van der Waals surface area contributed by atoms with E-state index < -0.39 is 0 Å². The first-order valence-corrected chi connectivity index (χ1v) is 11.1. The minimum Gasteiger partial charge on any atom is -0.364 e. The van der Waals surface area contributed by atoms with Crippen molar-refractivity contribution in [3.63, 3.8) is 0 Å². The third-order valence-electron chi connectivity index (χ3n) is 5.21. The molecule has 0 amide bonds. The molecule has 1 aliphatic heterocycles. The summed E-state index contributed by atoms with van der Waals surface area (Å²) in [4.78, 5) is 15.4. The summed E-state index contributed by atoms with van der Waals surface area (Å²) >= 11 is 1.66. The molecule has 31 heavy (non-hydrogen) atoms. The molecule has 4 nitrogen and oxygen atoms in total. The summed E-state index contributed by atoms with van der Waals surface area (Å²) in [6.07, 6.45) is 2.37. The number of nitrogens with zero attached hydrogens (tertiary/aromatic N) is 3. The van der Waals surface area contributed by atoms with E-state index in [0.29, 0.717) is 6.54 Å². The smallest absolute Gasteiger partial charge is 0.156 e. The molecule has 5 heteroatoms. The van der Waals surface area contributed by atoms with Crippen LogP contribution in [0.15, 0.2) is 100 Å². The molecule has 0 radical (unpaired) electrons. The van der Waals surface area contributed by atoms with Crippen LogP contribution in [0.1, 0.15) is 22.3 Å². The molecule has 0 atom stereocenters. The predicted octanol–water partition coefficient (Wildman–Crippen LogP) is 6.23. The van der Waals surface area contributed by atoms with Gasteiger partial charge in [0.05, 0.1) is 5.71 Å². The lowest BCUT2D eigenvalue weighted by Gasteiger charge is -2.11. The summed E-state index contributed by atoms with van der Waals surface area (Å²) in [5.41, 5.74) is 6.67. The average molecular weight is 423 g/mol. The molecule has 2 heterocycles. The minimum absolute atomic E-state index is 0.685. The Bertz CT molecular complexity index is 1240. The monoisotopic (exact) mass is 422 g/mol. The van der Waals surface area contributed by atoms with Crippen LogP contribution in [-0.4, -0.2) is 15.7 Å². The van der Waals surface area contributed by atoms with Gasteiger partial charge in [-0.15, -0.1) is 0 Å². The maximum atomic E-state index is 5.14. The first-order valence-electron chi connectivity index (χ1n) is 10.3. The van der Waals surface area contributed by atoms with E-state index >= 15 is 0 Å². The summed E-state index contributed by atoms with van der Waals surface area (Å²) in [7, 11) is 0. The van der Waals surface area contributed by atoms with Gasteiger partial charge in [-0.25, -0.2) is 15.0 Å². The number of aryl methyl sites for hydroxylation is 1. The molecule has 0 saturated carbocycles. The Morgan fingerprint density at radius 3 is 2.35 bits per heavy atom. The van der Waals surface area contributed by atoms with Crippen LogP contribution in [0.4, 0.5) is 11.5 Å². The zero-order valence-electron chi connectivity index (χ0n) is 17.2. The summed E-state index contributed by atoms with van der Waals surface area (Å²) in [5.74, 6) is 0.761. The zero-order valence-corrected chi connectivity index (χ0v) is 18.1. The lowest BCUT2D eigenvalue weighted by atomic mass is 10.0. The van der Waals surface area contributed by atoms with Gasteiger partial charge in [0.1, 0.15) is 17.0 Å². The molecule has 1 aromatic heterocycles. The van der Waals surface area contributed by atoms with Crippen LogP contribution in [0.25, 0.3) is 0 Å². The van der Waals surface area contributed by atoms with Gasteiger partial charge in [0.2, 0.25) is 0 Å². The molecular formula is C26H22N4S. The Kier molecular flexibility index (Phi) is 5.50. The second kappa shape index (κ2) is 8.74. The number of nitrogens with one attached hydrogen (secondary N) is 1. The third kappa shape index (κ3) is 4.37. The van der Waals surface area contributed by atoms with Crippen molar-refractivity contribution in [2.24, 2.45) is 4.99 Å². The molecule has 0 bridgehead atoms. The predicted molar refractivity (Wildman–Crippen MR) is 127 cm³/mol. The van der Waals surface area contributed by atoms with Crippen LogP contribution in [0.5, 0.6) is 0 Å². The highest BCUT2D eigenvalue weighted by Crippen LogP contribution is 2.42. The molecule has 0 saturated heterocycles. The third-order valence-corrected chi connectivity index (χ3v) is 6.27. The number of rotatable bonds is 5. The largest absolute Gasteiger partial charge is 0.364 e. The van der Waals surface area contributed by atoms with Gasteiger partial charge in [-0.3, -0.25) is 0 Å². The second-order valence-electron chi connectivity index (χ2n) is 7.54. The normalized spacial score (nSPS) is 12.4. The molecule has 1 aliphatic rings. The fourth-order valence-corrected chi connectivity index (χ4v) is 4.60. The lowest BCUT2D eigenvalue weighted by Crippen LogP contribution is -2.07. The van der Waals surface area contributed by atoms with E-state index in [1.165, 1.54) is 27.1 Å². The minimum atomic E-state index is 0.685. The summed E-state index contributed by atoms with van der Waals surface area (Å²) in [6, 6.07) is 27.3. The summed E-state index contributed by atoms with van der Waals surface area (Å²) < 4.78 is 0. The number of benzene rings is 3. The number of aromatic nitrogens is 2. The van der Waals surface area contributed by atoms with Crippen LogP contribution in [0, 0.1) is 6.92 Å². The molecule has 0 aliphatic carbocycles. The van der Waals surface area contributed by atoms with Gasteiger partial charge in [-0.05, 0) is 30.2 Å². The van der Waals surface area contributed by atoms with Crippen molar-refractivity contribution in [2.75, 3.05) is 5.32 Å². The van der Waals surface area contributed by atoms with Crippen molar-refractivity contribution < 1.29 is 0 Å². The second-order valence-corrected chi connectivity index (χ2v) is 8.57. The summed E-state index contributed by atoms with van der Waals surface area (Å²) in [5, 5.41) is 4.34. The Balaban J connectivity index is 1.57. The number of anilines is 1. The van der Waals surface area contributed by atoms with Crippen molar-refractivity contribution in [3.8, 4) is 0 Å². The van der Waals surface area contributed by atoms with Gasteiger partial charge < -0.3 is 5.32 Å². The maximum Gasteiger partial charge on any atom is 0.156 e. The van der Waals surface area contributed by atoms with Gasteiger partial charge >= 0.3 is 0 Å². The van der Waals surface area contributed by atoms with Gasteiger partial charge in [0, 0.05) is 23.4 Å². The van der Waals surface area contributed by atoms with Crippen LogP contribution < -0.4 is 5.32 Å². The Labute approximate surface area is 186 Å². The molecule has 0 fully saturated rings. The van der Waals surface area contributed by atoms with Crippen molar-refractivity contribution in [2.45, 2.75) is 29.8 Å². The molecule has 152 valence electrons. The first kappa shape index (κ1) is 19.5. The average Bonchev–Trinajstić information content (AvgIpc) is 2.96. The highest BCUT2D eigenvalue weighted by molar-refractivity contribution is 7.99. The molecule has 1 N–H and O–H groups in total. The van der Waals surface area contributed by atoms with Gasteiger partial charge in [0.25, 0.3) is 0 Å².